The minimum Gasteiger partial charge on any atom is -0.497 e. The summed E-state index contributed by atoms with van der Waals surface area (Å²) in [5.74, 6) is 1.51. The van der Waals surface area contributed by atoms with Crippen LogP contribution in [0.15, 0.2) is 18.2 Å². The fourth-order valence-electron chi connectivity index (χ4n) is 3.10. The first-order valence-electron chi connectivity index (χ1n) is 7.22. The van der Waals surface area contributed by atoms with Gasteiger partial charge < -0.3 is 14.6 Å². The van der Waals surface area contributed by atoms with Crippen molar-refractivity contribution in [1.82, 2.24) is 9.88 Å². The average molecular weight is 270 g/mol. The van der Waals surface area contributed by atoms with Crippen molar-refractivity contribution in [2.24, 2.45) is 5.92 Å². The van der Waals surface area contributed by atoms with Gasteiger partial charge in [-0.25, -0.2) is 0 Å². The number of amides is 1. The van der Waals surface area contributed by atoms with Crippen LogP contribution >= 0.6 is 0 Å². The highest BCUT2D eigenvalue weighted by Gasteiger charge is 2.35. The normalized spacial score (nSPS) is 18.1. The second-order valence-corrected chi connectivity index (χ2v) is 5.78. The highest BCUT2D eigenvalue weighted by atomic mass is 16.5. The lowest BCUT2D eigenvalue weighted by molar-refractivity contribution is -0.133. The first-order valence-corrected chi connectivity index (χ1v) is 7.22. The highest BCUT2D eigenvalue weighted by molar-refractivity contribution is 5.88. The first kappa shape index (κ1) is 11.8. The average Bonchev–Trinajstić information content (AvgIpc) is 3.27. The van der Waals surface area contributed by atoms with E-state index in [0.717, 1.165) is 43.6 Å². The number of benzene rings is 1. The lowest BCUT2D eigenvalue weighted by atomic mass is 10.0. The number of aromatic amines is 1. The summed E-state index contributed by atoms with van der Waals surface area (Å²) in [7, 11) is 1.68. The van der Waals surface area contributed by atoms with Crippen LogP contribution in [0.25, 0.3) is 10.9 Å². The van der Waals surface area contributed by atoms with E-state index >= 15 is 0 Å². The van der Waals surface area contributed by atoms with Crippen molar-refractivity contribution in [2.45, 2.75) is 25.8 Å². The largest absolute Gasteiger partial charge is 0.497 e. The van der Waals surface area contributed by atoms with Crippen LogP contribution in [0.4, 0.5) is 0 Å². The third kappa shape index (κ3) is 1.79. The molecule has 0 spiro atoms. The maximum Gasteiger partial charge on any atom is 0.225 e. The number of carbonyl (C=O) groups excluding carboxylic acids is 1. The fraction of sp³-hybridized carbons (Fsp3) is 0.438. The Morgan fingerprint density at radius 2 is 2.25 bits per heavy atom. The lowest BCUT2D eigenvalue weighted by Crippen LogP contribution is -2.36. The fourth-order valence-corrected chi connectivity index (χ4v) is 3.10. The van der Waals surface area contributed by atoms with Crippen LogP contribution in [0, 0.1) is 5.92 Å². The molecule has 4 rings (SSSR count). The number of nitrogens with zero attached hydrogens (tertiary/aromatic N) is 1. The van der Waals surface area contributed by atoms with Gasteiger partial charge in [0.05, 0.1) is 7.11 Å². The number of fused-ring (bicyclic) bond motifs is 3. The van der Waals surface area contributed by atoms with Crippen LogP contribution in [0.5, 0.6) is 5.75 Å². The Bertz CT molecular complexity index is 685. The molecule has 1 saturated carbocycles. The van der Waals surface area contributed by atoms with Crippen molar-refractivity contribution in [2.75, 3.05) is 13.7 Å². The number of nitrogens with one attached hydrogen (secondary N) is 1. The van der Waals surface area contributed by atoms with E-state index in [-0.39, 0.29) is 0 Å². The summed E-state index contributed by atoms with van der Waals surface area (Å²) in [6.07, 6.45) is 3.07. The highest BCUT2D eigenvalue weighted by Crippen LogP contribution is 2.35. The molecule has 1 aliphatic heterocycles. The van der Waals surface area contributed by atoms with Gasteiger partial charge >= 0.3 is 0 Å². The summed E-state index contributed by atoms with van der Waals surface area (Å²) >= 11 is 0. The van der Waals surface area contributed by atoms with E-state index in [1.54, 1.807) is 7.11 Å². The number of hydrogen-bond donors (Lipinski definition) is 1. The van der Waals surface area contributed by atoms with E-state index in [0.29, 0.717) is 11.8 Å². The topological polar surface area (TPSA) is 45.3 Å². The molecule has 0 radical (unpaired) electrons. The summed E-state index contributed by atoms with van der Waals surface area (Å²) in [5.41, 5.74) is 3.67. The van der Waals surface area contributed by atoms with Gasteiger partial charge in [-0.15, -0.1) is 0 Å². The van der Waals surface area contributed by atoms with Gasteiger partial charge in [0.2, 0.25) is 5.91 Å². The monoisotopic (exact) mass is 270 g/mol. The minimum absolute atomic E-state index is 0.302. The Hall–Kier alpha value is -1.97. The van der Waals surface area contributed by atoms with Crippen molar-refractivity contribution in [1.29, 1.82) is 0 Å². The molecule has 1 N–H and O–H groups in total. The number of aromatic nitrogens is 1. The predicted molar refractivity (Wildman–Crippen MR) is 76.7 cm³/mol. The third-order valence-corrected chi connectivity index (χ3v) is 4.42. The number of ether oxygens (including phenoxy) is 1. The van der Waals surface area contributed by atoms with Crippen LogP contribution < -0.4 is 4.74 Å². The van der Waals surface area contributed by atoms with Crippen LogP contribution in [0.3, 0.4) is 0 Å². The zero-order valence-corrected chi connectivity index (χ0v) is 11.6. The molecular weight excluding hydrogens is 252 g/mol. The molecule has 104 valence electrons. The molecule has 0 unspecified atom stereocenters. The summed E-state index contributed by atoms with van der Waals surface area (Å²) in [6, 6.07) is 6.09. The summed E-state index contributed by atoms with van der Waals surface area (Å²) < 4.78 is 5.31. The Labute approximate surface area is 117 Å². The van der Waals surface area contributed by atoms with Crippen molar-refractivity contribution >= 4 is 16.8 Å². The molecule has 2 heterocycles. The van der Waals surface area contributed by atoms with Gasteiger partial charge in [-0.2, -0.15) is 0 Å². The summed E-state index contributed by atoms with van der Waals surface area (Å²) in [6.45, 7) is 1.57. The summed E-state index contributed by atoms with van der Waals surface area (Å²) in [4.78, 5) is 17.7. The SMILES string of the molecule is COc1ccc2[nH]c3c(c2c1)CN(C(=O)C1CC1)CC3. The third-order valence-electron chi connectivity index (χ3n) is 4.42. The Kier molecular flexibility index (Phi) is 2.52. The molecular formula is C16H18N2O2. The first-order chi connectivity index (χ1) is 9.76. The van der Waals surface area contributed by atoms with E-state index in [2.05, 4.69) is 17.1 Å². The van der Waals surface area contributed by atoms with Crippen LogP contribution in [-0.2, 0) is 17.8 Å². The van der Waals surface area contributed by atoms with Crippen molar-refractivity contribution in [3.63, 3.8) is 0 Å². The number of hydrogen-bond acceptors (Lipinski definition) is 2. The molecule has 1 aromatic heterocycles. The van der Waals surface area contributed by atoms with Crippen molar-refractivity contribution in [3.8, 4) is 5.75 Å². The predicted octanol–water partition coefficient (Wildman–Crippen LogP) is 2.47. The zero-order valence-electron chi connectivity index (χ0n) is 11.6. The van der Waals surface area contributed by atoms with Gasteiger partial charge in [0.15, 0.2) is 0 Å². The number of carbonyl (C=O) groups is 1. The molecule has 1 aliphatic carbocycles. The number of H-pyrrole nitrogens is 1. The number of rotatable bonds is 2. The molecule has 4 nitrogen and oxygen atoms in total. The Morgan fingerprint density at radius 1 is 1.40 bits per heavy atom. The molecule has 1 amide bonds. The molecule has 0 atom stereocenters. The molecule has 1 aromatic carbocycles. The lowest BCUT2D eigenvalue weighted by Gasteiger charge is -2.27. The molecule has 20 heavy (non-hydrogen) atoms. The van der Waals surface area contributed by atoms with Gasteiger partial charge in [0.1, 0.15) is 5.75 Å². The molecule has 4 heteroatoms. The van der Waals surface area contributed by atoms with Gasteiger partial charge in [0.25, 0.3) is 0 Å². The van der Waals surface area contributed by atoms with Crippen molar-refractivity contribution < 1.29 is 9.53 Å². The second-order valence-electron chi connectivity index (χ2n) is 5.78. The van der Waals surface area contributed by atoms with E-state index in [1.807, 2.05) is 11.0 Å². The summed E-state index contributed by atoms with van der Waals surface area (Å²) in [5, 5.41) is 1.19. The molecule has 2 aromatic rings. The van der Waals surface area contributed by atoms with Crippen LogP contribution in [-0.4, -0.2) is 29.4 Å². The van der Waals surface area contributed by atoms with Gasteiger partial charge in [0, 0.05) is 47.6 Å². The maximum absolute atomic E-state index is 12.2. The van der Waals surface area contributed by atoms with Gasteiger partial charge in [-0.3, -0.25) is 4.79 Å². The number of methoxy groups -OCH3 is 1. The zero-order chi connectivity index (χ0) is 13.7. The van der Waals surface area contributed by atoms with Crippen molar-refractivity contribution in [3.05, 3.63) is 29.5 Å². The van der Waals surface area contributed by atoms with E-state index in [1.165, 1.54) is 16.6 Å². The van der Waals surface area contributed by atoms with Gasteiger partial charge in [-0.1, -0.05) is 0 Å². The Morgan fingerprint density at radius 3 is 3.00 bits per heavy atom. The van der Waals surface area contributed by atoms with Gasteiger partial charge in [-0.05, 0) is 31.0 Å². The van der Waals surface area contributed by atoms with E-state index in [4.69, 9.17) is 4.74 Å². The standard InChI is InChI=1S/C16H18N2O2/c1-20-11-4-5-14-12(8-11)13-9-18(7-6-15(13)17-14)16(19)10-2-3-10/h4-5,8,10,17H,2-3,6-7,9H2,1H3. The van der Waals surface area contributed by atoms with E-state index < -0.39 is 0 Å². The minimum atomic E-state index is 0.302. The Balaban J connectivity index is 1.72. The van der Waals surface area contributed by atoms with Crippen LogP contribution in [0.1, 0.15) is 24.1 Å². The quantitative estimate of drug-likeness (QED) is 0.911. The smallest absolute Gasteiger partial charge is 0.225 e. The molecule has 2 aliphatic rings. The second kappa shape index (κ2) is 4.27. The molecule has 0 saturated heterocycles. The molecule has 1 fully saturated rings. The molecule has 0 bridgehead atoms. The van der Waals surface area contributed by atoms with Crippen LogP contribution in [0.2, 0.25) is 0 Å². The maximum atomic E-state index is 12.2. The van der Waals surface area contributed by atoms with E-state index in [9.17, 15) is 4.79 Å².